The summed E-state index contributed by atoms with van der Waals surface area (Å²) in [7, 11) is 1.38. The lowest BCUT2D eigenvalue weighted by molar-refractivity contribution is 0.0492. The summed E-state index contributed by atoms with van der Waals surface area (Å²) in [5, 5.41) is 4.07. The number of fused-ring (bicyclic) bond motifs is 4. The van der Waals surface area contributed by atoms with Gasteiger partial charge in [-0.15, -0.1) is 0 Å². The number of hydrogen-bond acceptors (Lipinski definition) is 4. The number of carbonyl (C=O) groups excluding carboxylic acids is 1. The predicted molar refractivity (Wildman–Crippen MR) is 108 cm³/mol. The fourth-order valence-electron chi connectivity index (χ4n) is 4.12. The Kier molecular flexibility index (Phi) is 4.11. The number of para-hydroxylation sites is 1. The molecule has 2 unspecified atom stereocenters. The maximum Gasteiger partial charge on any atom is 0.337 e. The first-order valence-corrected chi connectivity index (χ1v) is 9.33. The van der Waals surface area contributed by atoms with Gasteiger partial charge in [-0.1, -0.05) is 18.2 Å². The first-order chi connectivity index (χ1) is 12.8. The Balaban J connectivity index is 1.80. The number of hydrogen-bond donors (Lipinski definition) is 1. The highest BCUT2D eigenvalue weighted by molar-refractivity contribution is 7.80. The van der Waals surface area contributed by atoms with Crippen LogP contribution in [-0.4, -0.2) is 23.9 Å². The zero-order chi connectivity index (χ0) is 19.3. The van der Waals surface area contributed by atoms with Crippen LogP contribution in [0, 0.1) is 13.8 Å². The van der Waals surface area contributed by atoms with Crippen molar-refractivity contribution in [2.45, 2.75) is 39.0 Å². The molecule has 140 valence electrons. The van der Waals surface area contributed by atoms with Crippen LogP contribution in [0.3, 0.4) is 0 Å². The molecule has 0 radical (unpaired) electrons. The highest BCUT2D eigenvalue weighted by Crippen LogP contribution is 2.47. The van der Waals surface area contributed by atoms with Crippen molar-refractivity contribution in [3.8, 4) is 5.75 Å². The number of aryl methyl sites for hydroxylation is 2. The van der Waals surface area contributed by atoms with Gasteiger partial charge >= 0.3 is 5.97 Å². The third kappa shape index (κ3) is 2.75. The number of rotatable bonds is 2. The van der Waals surface area contributed by atoms with Crippen molar-refractivity contribution in [1.82, 2.24) is 5.32 Å². The van der Waals surface area contributed by atoms with E-state index in [1.54, 1.807) is 6.07 Å². The fourth-order valence-corrected chi connectivity index (χ4v) is 4.54. The number of carbonyl (C=O) groups is 1. The average Bonchev–Trinajstić information content (AvgIpc) is 2.62. The van der Waals surface area contributed by atoms with Crippen molar-refractivity contribution >= 4 is 29.0 Å². The molecular weight excluding hydrogens is 360 g/mol. The summed E-state index contributed by atoms with van der Waals surface area (Å²) < 4.78 is 11.3. The Morgan fingerprint density at radius 3 is 2.67 bits per heavy atom. The van der Waals surface area contributed by atoms with Crippen LogP contribution in [-0.2, 0) is 4.74 Å². The molecule has 0 saturated carbocycles. The first-order valence-electron chi connectivity index (χ1n) is 8.92. The Labute approximate surface area is 164 Å². The molecule has 2 heterocycles. The number of nitrogens with one attached hydrogen (secondary N) is 1. The van der Waals surface area contributed by atoms with E-state index in [2.05, 4.69) is 43.1 Å². The van der Waals surface area contributed by atoms with Gasteiger partial charge in [-0.2, -0.15) is 0 Å². The highest BCUT2D eigenvalue weighted by Gasteiger charge is 2.49. The molecule has 2 atom stereocenters. The molecule has 0 spiro atoms. The van der Waals surface area contributed by atoms with E-state index in [0.29, 0.717) is 17.1 Å². The molecule has 2 bridgehead atoms. The van der Waals surface area contributed by atoms with Crippen molar-refractivity contribution < 1.29 is 14.3 Å². The van der Waals surface area contributed by atoms with Crippen LogP contribution in [0.1, 0.15) is 46.4 Å². The van der Waals surface area contributed by atoms with E-state index < -0.39 is 5.72 Å². The topological polar surface area (TPSA) is 50.8 Å². The van der Waals surface area contributed by atoms with E-state index in [9.17, 15) is 4.79 Å². The maximum absolute atomic E-state index is 11.9. The number of nitrogens with zero attached hydrogens (tertiary/aromatic N) is 1. The van der Waals surface area contributed by atoms with Crippen molar-refractivity contribution in [3.05, 3.63) is 58.7 Å². The molecule has 5 nitrogen and oxygen atoms in total. The number of methoxy groups -OCH3 is 1. The van der Waals surface area contributed by atoms with Gasteiger partial charge in [-0.05, 0) is 62.3 Å². The largest absolute Gasteiger partial charge is 0.467 e. The fraction of sp³-hybridized carbons (Fsp3) is 0.333. The quantitative estimate of drug-likeness (QED) is 0.625. The monoisotopic (exact) mass is 382 g/mol. The van der Waals surface area contributed by atoms with Crippen molar-refractivity contribution in [2.75, 3.05) is 12.0 Å². The lowest BCUT2D eigenvalue weighted by Gasteiger charge is -2.52. The average molecular weight is 382 g/mol. The molecule has 2 aliphatic heterocycles. The van der Waals surface area contributed by atoms with Crippen molar-refractivity contribution in [1.29, 1.82) is 0 Å². The maximum atomic E-state index is 11.9. The molecule has 0 aromatic heterocycles. The molecule has 4 rings (SSSR count). The minimum absolute atomic E-state index is 0.0172. The predicted octanol–water partition coefficient (Wildman–Crippen LogP) is 4.02. The second-order valence-corrected chi connectivity index (χ2v) is 7.69. The standard InChI is InChI=1S/C21H22N2O3S/c1-12-6-5-7-13(2)18(12)23-20(27)22-16-11-21(23,3)26-17-9-8-14(10-15(16)17)19(24)25-4/h5-10,16H,11H2,1-4H3,(H,22,27). The highest BCUT2D eigenvalue weighted by atomic mass is 32.1. The smallest absolute Gasteiger partial charge is 0.337 e. The molecule has 6 heteroatoms. The SMILES string of the molecule is COC(=O)c1ccc2c(c1)C1CC(C)(O2)N(c2c(C)cccc2C)C(=S)N1. The zero-order valence-corrected chi connectivity index (χ0v) is 16.6. The molecular formula is C21H22N2O3S. The van der Waals surface area contributed by atoms with Gasteiger partial charge in [0, 0.05) is 12.0 Å². The molecule has 1 saturated heterocycles. The van der Waals surface area contributed by atoms with Crippen LogP contribution in [0.2, 0.25) is 0 Å². The summed E-state index contributed by atoms with van der Waals surface area (Å²) in [6, 6.07) is 11.6. The lowest BCUT2D eigenvalue weighted by Crippen LogP contribution is -2.65. The Bertz CT molecular complexity index is 938. The van der Waals surface area contributed by atoms with Gasteiger partial charge in [-0.3, -0.25) is 4.90 Å². The third-order valence-corrected chi connectivity index (χ3v) is 5.66. The van der Waals surface area contributed by atoms with Gasteiger partial charge in [0.15, 0.2) is 10.8 Å². The van der Waals surface area contributed by atoms with Gasteiger partial charge in [0.1, 0.15) is 5.75 Å². The van der Waals surface area contributed by atoms with Crippen LogP contribution in [0.25, 0.3) is 0 Å². The van der Waals surface area contributed by atoms with Crippen LogP contribution >= 0.6 is 12.2 Å². The molecule has 2 aromatic rings. The summed E-state index contributed by atoms with van der Waals surface area (Å²) >= 11 is 5.73. The van der Waals surface area contributed by atoms with E-state index in [4.69, 9.17) is 21.7 Å². The van der Waals surface area contributed by atoms with Crippen LogP contribution in [0.4, 0.5) is 5.69 Å². The minimum atomic E-state index is -0.607. The number of esters is 1. The molecule has 2 aromatic carbocycles. The molecule has 2 aliphatic rings. The van der Waals surface area contributed by atoms with Gasteiger partial charge in [0.05, 0.1) is 24.4 Å². The van der Waals surface area contributed by atoms with Crippen molar-refractivity contribution in [2.24, 2.45) is 0 Å². The van der Waals surface area contributed by atoms with Crippen LogP contribution < -0.4 is 15.0 Å². The Morgan fingerprint density at radius 1 is 1.30 bits per heavy atom. The van der Waals surface area contributed by atoms with Crippen molar-refractivity contribution in [3.63, 3.8) is 0 Å². The van der Waals surface area contributed by atoms with Gasteiger partial charge < -0.3 is 14.8 Å². The summed E-state index contributed by atoms with van der Waals surface area (Å²) in [5.41, 5.74) is 4.20. The molecule has 0 aliphatic carbocycles. The summed E-state index contributed by atoms with van der Waals surface area (Å²) in [6.45, 7) is 6.23. The second-order valence-electron chi connectivity index (χ2n) is 7.30. The Hall–Kier alpha value is -2.60. The van der Waals surface area contributed by atoms with Gasteiger partial charge in [-0.25, -0.2) is 4.79 Å². The summed E-state index contributed by atoms with van der Waals surface area (Å²) in [4.78, 5) is 14.0. The second kappa shape index (κ2) is 6.23. The molecule has 1 N–H and O–H groups in total. The zero-order valence-electron chi connectivity index (χ0n) is 15.8. The number of ether oxygens (including phenoxy) is 2. The summed E-state index contributed by atoms with van der Waals surface area (Å²) in [6.07, 6.45) is 0.707. The van der Waals surface area contributed by atoms with Crippen LogP contribution in [0.15, 0.2) is 36.4 Å². The van der Waals surface area contributed by atoms with E-state index in [-0.39, 0.29) is 12.0 Å². The summed E-state index contributed by atoms with van der Waals surface area (Å²) in [5.74, 6) is 0.398. The molecule has 1 fully saturated rings. The van der Waals surface area contributed by atoms with E-state index in [1.165, 1.54) is 7.11 Å². The van der Waals surface area contributed by atoms with Crippen LogP contribution in [0.5, 0.6) is 5.75 Å². The number of benzene rings is 2. The normalized spacial score (nSPS) is 23.2. The first kappa shape index (κ1) is 17.8. The third-order valence-electron chi connectivity index (χ3n) is 5.36. The Morgan fingerprint density at radius 2 is 2.00 bits per heavy atom. The van der Waals surface area contributed by atoms with E-state index >= 15 is 0 Å². The molecule has 27 heavy (non-hydrogen) atoms. The van der Waals surface area contributed by atoms with Gasteiger partial charge in [0.2, 0.25) is 0 Å². The minimum Gasteiger partial charge on any atom is -0.467 e. The molecule has 0 amide bonds. The van der Waals surface area contributed by atoms with Gasteiger partial charge in [0.25, 0.3) is 0 Å². The number of anilines is 1. The number of thiocarbonyl (C=S) groups is 1. The van der Waals surface area contributed by atoms with E-state index in [1.807, 2.05) is 18.2 Å². The van der Waals surface area contributed by atoms with E-state index in [0.717, 1.165) is 28.1 Å². The lowest BCUT2D eigenvalue weighted by atomic mass is 9.88.